The van der Waals surface area contributed by atoms with Crippen LogP contribution in [0.4, 0.5) is 0 Å². The van der Waals surface area contributed by atoms with E-state index in [1.807, 2.05) is 11.8 Å². The van der Waals surface area contributed by atoms with E-state index in [-0.39, 0.29) is 0 Å². The van der Waals surface area contributed by atoms with Gasteiger partial charge in [-0.1, -0.05) is 36.7 Å². The van der Waals surface area contributed by atoms with Gasteiger partial charge in [-0.25, -0.2) is 0 Å². The Morgan fingerprint density at radius 2 is 2.00 bits per heavy atom. The van der Waals surface area contributed by atoms with Gasteiger partial charge in [0.2, 0.25) is 0 Å². The van der Waals surface area contributed by atoms with Crippen molar-refractivity contribution in [2.45, 2.75) is 27.2 Å². The molecule has 0 amide bonds. The summed E-state index contributed by atoms with van der Waals surface area (Å²) in [5, 5.41) is 1.16. The third-order valence-corrected chi connectivity index (χ3v) is 3.74. The van der Waals surface area contributed by atoms with Crippen LogP contribution in [0.15, 0.2) is 0 Å². The van der Waals surface area contributed by atoms with Crippen molar-refractivity contribution in [1.29, 1.82) is 0 Å². The van der Waals surface area contributed by atoms with E-state index in [4.69, 9.17) is 0 Å². The minimum atomic E-state index is 0.826. The molecule has 0 heterocycles. The molecule has 0 spiro atoms. The monoisotopic (exact) mass is 238 g/mol. The Bertz CT molecular complexity index is 83.6. The molecule has 0 nitrogen and oxygen atoms in total. The molecule has 0 bridgehead atoms. The molecular formula is C9H19BrS. The van der Waals surface area contributed by atoms with E-state index in [1.54, 1.807) is 0 Å². The lowest BCUT2D eigenvalue weighted by Gasteiger charge is -2.17. The second-order valence-electron chi connectivity index (χ2n) is 3.14. The summed E-state index contributed by atoms with van der Waals surface area (Å²) in [7, 11) is 0. The standard InChI is InChI=1S/C9H19BrS/c1-4-11-6-5-9(7-10)8(2)3/h8-9H,4-7H2,1-3H3. The van der Waals surface area contributed by atoms with Crippen molar-refractivity contribution in [1.82, 2.24) is 0 Å². The van der Waals surface area contributed by atoms with Crippen LogP contribution in [0.5, 0.6) is 0 Å². The van der Waals surface area contributed by atoms with Crippen LogP contribution in [0.2, 0.25) is 0 Å². The topological polar surface area (TPSA) is 0 Å². The van der Waals surface area contributed by atoms with Crippen LogP contribution in [-0.2, 0) is 0 Å². The number of alkyl halides is 1. The van der Waals surface area contributed by atoms with Gasteiger partial charge in [-0.2, -0.15) is 11.8 Å². The van der Waals surface area contributed by atoms with Crippen LogP contribution >= 0.6 is 27.7 Å². The molecule has 0 aromatic carbocycles. The second kappa shape index (κ2) is 7.48. The normalized spacial score (nSPS) is 13.9. The van der Waals surface area contributed by atoms with Crippen LogP contribution in [0.1, 0.15) is 27.2 Å². The molecule has 0 aromatic rings. The fraction of sp³-hybridized carbons (Fsp3) is 1.00. The van der Waals surface area contributed by atoms with Gasteiger partial charge >= 0.3 is 0 Å². The lowest BCUT2D eigenvalue weighted by molar-refractivity contribution is 0.420. The third kappa shape index (κ3) is 6.03. The summed E-state index contributed by atoms with van der Waals surface area (Å²) in [6, 6.07) is 0. The number of rotatable bonds is 6. The first-order valence-corrected chi connectivity index (χ1v) is 6.63. The molecule has 0 N–H and O–H groups in total. The molecular weight excluding hydrogens is 220 g/mol. The summed E-state index contributed by atoms with van der Waals surface area (Å²) in [6.07, 6.45) is 1.36. The Kier molecular flexibility index (Phi) is 8.04. The Hall–Kier alpha value is 0.830. The van der Waals surface area contributed by atoms with Gasteiger partial charge in [0.05, 0.1) is 0 Å². The van der Waals surface area contributed by atoms with E-state index in [1.165, 1.54) is 17.9 Å². The number of hydrogen-bond acceptors (Lipinski definition) is 1. The van der Waals surface area contributed by atoms with Crippen molar-refractivity contribution in [2.24, 2.45) is 11.8 Å². The van der Waals surface area contributed by atoms with Crippen molar-refractivity contribution < 1.29 is 0 Å². The minimum absolute atomic E-state index is 0.826. The first-order valence-electron chi connectivity index (χ1n) is 4.36. The van der Waals surface area contributed by atoms with Crippen LogP contribution in [0, 0.1) is 11.8 Å². The van der Waals surface area contributed by atoms with Gasteiger partial charge in [0.25, 0.3) is 0 Å². The molecule has 0 saturated heterocycles. The van der Waals surface area contributed by atoms with E-state index < -0.39 is 0 Å². The predicted octanol–water partition coefficient (Wildman–Crippen LogP) is 3.80. The van der Waals surface area contributed by atoms with Crippen LogP contribution in [0.25, 0.3) is 0 Å². The van der Waals surface area contributed by atoms with Gasteiger partial charge in [-0.3, -0.25) is 0 Å². The fourth-order valence-electron chi connectivity index (χ4n) is 0.968. The summed E-state index contributed by atoms with van der Waals surface area (Å²) in [6.45, 7) is 6.84. The molecule has 11 heavy (non-hydrogen) atoms. The van der Waals surface area contributed by atoms with Crippen molar-refractivity contribution in [3.8, 4) is 0 Å². The van der Waals surface area contributed by atoms with Crippen molar-refractivity contribution >= 4 is 27.7 Å². The number of hydrogen-bond donors (Lipinski definition) is 0. The lowest BCUT2D eigenvalue weighted by Crippen LogP contribution is -2.11. The second-order valence-corrected chi connectivity index (χ2v) is 5.19. The van der Waals surface area contributed by atoms with Crippen molar-refractivity contribution in [3.05, 3.63) is 0 Å². The molecule has 1 atom stereocenters. The van der Waals surface area contributed by atoms with Gasteiger partial charge in [0.15, 0.2) is 0 Å². The maximum absolute atomic E-state index is 3.56. The summed E-state index contributed by atoms with van der Waals surface area (Å²) < 4.78 is 0. The van der Waals surface area contributed by atoms with E-state index >= 15 is 0 Å². The summed E-state index contributed by atoms with van der Waals surface area (Å²) >= 11 is 5.61. The molecule has 0 rings (SSSR count). The molecule has 0 aliphatic carbocycles. The number of thioether (sulfide) groups is 1. The molecule has 2 heteroatoms. The summed E-state index contributed by atoms with van der Waals surface area (Å²) in [4.78, 5) is 0. The smallest absolute Gasteiger partial charge is 0.00624 e. The highest BCUT2D eigenvalue weighted by Gasteiger charge is 2.10. The average Bonchev–Trinajstić information content (AvgIpc) is 1.97. The molecule has 0 radical (unpaired) electrons. The lowest BCUT2D eigenvalue weighted by atomic mass is 9.96. The number of halogens is 1. The predicted molar refractivity (Wildman–Crippen MR) is 59.7 cm³/mol. The molecule has 0 aliphatic heterocycles. The highest BCUT2D eigenvalue weighted by molar-refractivity contribution is 9.09. The van der Waals surface area contributed by atoms with Crippen LogP contribution in [0.3, 0.4) is 0 Å². The highest BCUT2D eigenvalue weighted by Crippen LogP contribution is 2.19. The zero-order valence-electron chi connectivity index (χ0n) is 7.77. The fourth-order valence-corrected chi connectivity index (χ4v) is 2.80. The SMILES string of the molecule is CCSCCC(CBr)C(C)C. The first-order chi connectivity index (χ1) is 5.22. The maximum Gasteiger partial charge on any atom is 0.00624 e. The van der Waals surface area contributed by atoms with Gasteiger partial charge in [-0.05, 0) is 29.8 Å². The molecule has 1 unspecified atom stereocenters. The molecule has 0 aromatic heterocycles. The van der Waals surface area contributed by atoms with Crippen LogP contribution in [-0.4, -0.2) is 16.8 Å². The Balaban J connectivity index is 3.36. The zero-order valence-corrected chi connectivity index (χ0v) is 10.2. The third-order valence-electron chi connectivity index (χ3n) is 1.98. The van der Waals surface area contributed by atoms with E-state index in [9.17, 15) is 0 Å². The average molecular weight is 239 g/mol. The van der Waals surface area contributed by atoms with Gasteiger partial charge in [-0.15, -0.1) is 0 Å². The summed E-state index contributed by atoms with van der Waals surface area (Å²) in [5.41, 5.74) is 0. The first kappa shape index (κ1) is 11.8. The molecule has 0 fully saturated rings. The van der Waals surface area contributed by atoms with Crippen LogP contribution < -0.4 is 0 Å². The Morgan fingerprint density at radius 1 is 1.36 bits per heavy atom. The quantitative estimate of drug-likeness (QED) is 0.502. The van der Waals surface area contributed by atoms with Gasteiger partial charge in [0.1, 0.15) is 0 Å². The largest absolute Gasteiger partial charge is 0.162 e. The Morgan fingerprint density at radius 3 is 2.36 bits per heavy atom. The minimum Gasteiger partial charge on any atom is -0.162 e. The Labute approximate surface area is 83.6 Å². The van der Waals surface area contributed by atoms with E-state index in [0.29, 0.717) is 0 Å². The maximum atomic E-state index is 3.56. The highest BCUT2D eigenvalue weighted by atomic mass is 79.9. The molecule has 0 saturated carbocycles. The van der Waals surface area contributed by atoms with Crippen molar-refractivity contribution in [2.75, 3.05) is 16.8 Å². The molecule has 68 valence electrons. The van der Waals surface area contributed by atoms with Crippen molar-refractivity contribution in [3.63, 3.8) is 0 Å². The summed E-state index contributed by atoms with van der Waals surface area (Å²) in [5.74, 6) is 4.28. The molecule has 0 aliphatic rings. The van der Waals surface area contributed by atoms with Gasteiger partial charge < -0.3 is 0 Å². The van der Waals surface area contributed by atoms with Gasteiger partial charge in [0, 0.05) is 5.33 Å². The van der Waals surface area contributed by atoms with E-state index in [2.05, 4.69) is 36.7 Å². The van der Waals surface area contributed by atoms with E-state index in [0.717, 1.165) is 17.2 Å². The zero-order chi connectivity index (χ0) is 8.69.